The zero-order valence-corrected chi connectivity index (χ0v) is 19.7. The van der Waals surface area contributed by atoms with Crippen LogP contribution in [0.1, 0.15) is 23.7 Å². The van der Waals surface area contributed by atoms with Gasteiger partial charge in [0.15, 0.2) is 0 Å². The molecule has 4 rings (SSSR count). The van der Waals surface area contributed by atoms with E-state index in [0.717, 1.165) is 5.69 Å². The minimum atomic E-state index is -0.423. The van der Waals surface area contributed by atoms with Crippen LogP contribution in [0.2, 0.25) is 5.02 Å². The summed E-state index contributed by atoms with van der Waals surface area (Å²) >= 11 is 6.01. The van der Waals surface area contributed by atoms with Crippen molar-refractivity contribution in [2.24, 2.45) is 5.92 Å². The van der Waals surface area contributed by atoms with Gasteiger partial charge in [0.1, 0.15) is 11.6 Å². The van der Waals surface area contributed by atoms with Crippen LogP contribution < -0.4 is 21.5 Å². The molecule has 0 aliphatic carbocycles. The number of aromatic amines is 1. The van der Waals surface area contributed by atoms with Gasteiger partial charge in [-0.3, -0.25) is 15.2 Å². The summed E-state index contributed by atoms with van der Waals surface area (Å²) in [5.74, 6) is -0.00348. The molecule has 0 spiro atoms. The number of benzene rings is 2. The lowest BCUT2D eigenvalue weighted by molar-refractivity contribution is 0.0789. The van der Waals surface area contributed by atoms with Crippen molar-refractivity contribution in [3.63, 3.8) is 0 Å². The van der Waals surface area contributed by atoms with Crippen LogP contribution in [0.3, 0.4) is 0 Å². The highest BCUT2D eigenvalue weighted by atomic mass is 35.5. The number of ether oxygens (including phenoxy) is 1. The fraction of sp³-hybridized carbons (Fsp3) is 0.333. The number of carbonyl (C=O) groups is 1. The van der Waals surface area contributed by atoms with E-state index in [-0.39, 0.29) is 23.6 Å². The van der Waals surface area contributed by atoms with E-state index in [1.165, 1.54) is 12.1 Å². The number of aromatic nitrogens is 2. The number of amides is 2. The number of hydrogen-bond donors (Lipinski definition) is 4. The van der Waals surface area contributed by atoms with Crippen LogP contribution in [-0.2, 0) is 4.74 Å². The predicted molar refractivity (Wildman–Crippen MR) is 129 cm³/mol. The van der Waals surface area contributed by atoms with Gasteiger partial charge >= 0.3 is 6.03 Å². The minimum absolute atomic E-state index is 0.0429. The lowest BCUT2D eigenvalue weighted by Gasteiger charge is -2.25. The smallest absolute Gasteiger partial charge is 0.320 e. The number of carbonyl (C=O) groups excluding carboxylic acids is 1. The van der Waals surface area contributed by atoms with Gasteiger partial charge in [0.05, 0.1) is 17.4 Å². The van der Waals surface area contributed by atoms with Crippen LogP contribution >= 0.6 is 11.6 Å². The lowest BCUT2D eigenvalue weighted by atomic mass is 9.93. The molecule has 0 saturated carbocycles. The second-order valence-electron chi connectivity index (χ2n) is 8.37. The molecule has 1 fully saturated rings. The van der Waals surface area contributed by atoms with Gasteiger partial charge in [0.25, 0.3) is 5.56 Å². The van der Waals surface area contributed by atoms with E-state index in [9.17, 15) is 14.0 Å². The Morgan fingerprint density at radius 3 is 2.74 bits per heavy atom. The van der Waals surface area contributed by atoms with Gasteiger partial charge in [-0.25, -0.2) is 13.9 Å². The largest absolute Gasteiger partial charge is 0.377 e. The first-order valence-electron chi connectivity index (χ1n) is 11.0. The number of para-hydroxylation sites is 1. The maximum absolute atomic E-state index is 13.8. The van der Waals surface area contributed by atoms with E-state index >= 15 is 0 Å². The fourth-order valence-corrected chi connectivity index (χ4v) is 4.53. The van der Waals surface area contributed by atoms with Crippen molar-refractivity contribution >= 4 is 23.4 Å². The molecule has 180 valence electrons. The second-order valence-corrected chi connectivity index (χ2v) is 8.81. The van der Waals surface area contributed by atoms with Gasteiger partial charge in [-0.15, -0.1) is 0 Å². The Bertz CT molecular complexity index is 1190. The highest BCUT2D eigenvalue weighted by Gasteiger charge is 2.31. The Hall–Kier alpha value is -3.14. The molecule has 2 aromatic carbocycles. The van der Waals surface area contributed by atoms with E-state index < -0.39 is 11.8 Å². The van der Waals surface area contributed by atoms with E-state index in [4.69, 9.17) is 16.3 Å². The minimum Gasteiger partial charge on any atom is -0.377 e. The van der Waals surface area contributed by atoms with Crippen LogP contribution in [0.5, 0.6) is 0 Å². The van der Waals surface area contributed by atoms with Crippen LogP contribution in [0.15, 0.2) is 53.3 Å². The molecule has 4 N–H and O–H groups in total. The molecule has 3 unspecified atom stereocenters. The third-order valence-corrected chi connectivity index (χ3v) is 6.31. The molecular formula is C24H27ClFN5O3. The first-order valence-corrected chi connectivity index (χ1v) is 11.4. The summed E-state index contributed by atoms with van der Waals surface area (Å²) < 4.78 is 21.0. The standard InChI is InChI=1S/C24H27ClFN5O3/c1-14-22(31(30-23(14)32)19-6-4-3-5-7-19)29-24(33)28-20-13-27-12-16(20)10-21(34-2)15-8-17(25)11-18(26)9-15/h3-9,11,16,20-21,27H,10,12-13H2,1-2H3,(H,30,32)(H2,28,29,33). The molecule has 2 heterocycles. The average Bonchev–Trinajstić information content (AvgIpc) is 3.36. The van der Waals surface area contributed by atoms with Crippen molar-refractivity contribution in [3.05, 3.63) is 80.9 Å². The summed E-state index contributed by atoms with van der Waals surface area (Å²) in [6.45, 7) is 2.91. The van der Waals surface area contributed by atoms with Crippen molar-refractivity contribution in [3.8, 4) is 5.69 Å². The Morgan fingerprint density at radius 1 is 1.26 bits per heavy atom. The molecule has 0 bridgehead atoms. The molecule has 3 atom stereocenters. The van der Waals surface area contributed by atoms with E-state index in [1.807, 2.05) is 30.3 Å². The number of hydrogen-bond acceptors (Lipinski definition) is 4. The van der Waals surface area contributed by atoms with Crippen molar-refractivity contribution < 1.29 is 13.9 Å². The summed E-state index contributed by atoms with van der Waals surface area (Å²) in [5.41, 5.74) is 1.50. The zero-order valence-electron chi connectivity index (χ0n) is 18.9. The van der Waals surface area contributed by atoms with Gasteiger partial charge in [0, 0.05) is 31.3 Å². The van der Waals surface area contributed by atoms with Gasteiger partial charge < -0.3 is 15.4 Å². The van der Waals surface area contributed by atoms with E-state index in [1.54, 1.807) is 24.8 Å². The van der Waals surface area contributed by atoms with Crippen molar-refractivity contribution in [1.29, 1.82) is 0 Å². The molecule has 10 heteroatoms. The van der Waals surface area contributed by atoms with Crippen molar-refractivity contribution in [2.75, 3.05) is 25.5 Å². The van der Waals surface area contributed by atoms with Crippen LogP contribution in [0.25, 0.3) is 5.69 Å². The molecule has 34 heavy (non-hydrogen) atoms. The molecule has 1 aliphatic heterocycles. The van der Waals surface area contributed by atoms with Gasteiger partial charge in [-0.2, -0.15) is 0 Å². The summed E-state index contributed by atoms with van der Waals surface area (Å²) in [6.07, 6.45) is 0.187. The van der Waals surface area contributed by atoms with Crippen LogP contribution in [-0.4, -0.2) is 42.1 Å². The molecule has 8 nitrogen and oxygen atoms in total. The molecule has 1 aliphatic rings. The topological polar surface area (TPSA) is 100 Å². The van der Waals surface area contributed by atoms with Gasteiger partial charge in [-0.1, -0.05) is 29.8 Å². The lowest BCUT2D eigenvalue weighted by Crippen LogP contribution is -2.43. The number of nitrogens with zero attached hydrogens (tertiary/aromatic N) is 1. The van der Waals surface area contributed by atoms with Gasteiger partial charge in [0.2, 0.25) is 0 Å². The number of anilines is 1. The molecule has 3 aromatic rings. The number of urea groups is 1. The van der Waals surface area contributed by atoms with E-state index in [0.29, 0.717) is 41.5 Å². The van der Waals surface area contributed by atoms with Crippen LogP contribution in [0.4, 0.5) is 15.0 Å². The molecule has 2 amide bonds. The Labute approximate surface area is 201 Å². The first-order chi connectivity index (χ1) is 16.4. The van der Waals surface area contributed by atoms with Crippen molar-refractivity contribution in [2.45, 2.75) is 25.5 Å². The number of H-pyrrole nitrogens is 1. The Morgan fingerprint density at radius 2 is 2.03 bits per heavy atom. The fourth-order valence-electron chi connectivity index (χ4n) is 4.30. The molecular weight excluding hydrogens is 461 g/mol. The zero-order chi connectivity index (χ0) is 24.2. The third kappa shape index (κ3) is 5.32. The number of rotatable bonds is 7. The summed E-state index contributed by atoms with van der Waals surface area (Å²) in [6, 6.07) is 13.0. The monoisotopic (exact) mass is 487 g/mol. The highest BCUT2D eigenvalue weighted by Crippen LogP contribution is 2.30. The third-order valence-electron chi connectivity index (χ3n) is 6.09. The number of methoxy groups -OCH3 is 1. The first kappa shape index (κ1) is 24.0. The highest BCUT2D eigenvalue weighted by molar-refractivity contribution is 6.30. The molecule has 1 saturated heterocycles. The normalized spacial score (nSPS) is 18.6. The Kier molecular flexibility index (Phi) is 7.35. The molecule has 0 radical (unpaired) electrons. The van der Waals surface area contributed by atoms with Crippen molar-refractivity contribution in [1.82, 2.24) is 20.4 Å². The predicted octanol–water partition coefficient (Wildman–Crippen LogP) is 3.75. The quantitative estimate of drug-likeness (QED) is 0.408. The summed E-state index contributed by atoms with van der Waals surface area (Å²) in [7, 11) is 1.57. The average molecular weight is 488 g/mol. The number of halogens is 2. The second kappa shape index (κ2) is 10.4. The SMILES string of the molecule is COC(CC1CNCC1NC(=O)Nc1c(C)c(=O)[nH]n1-c1ccccc1)c1cc(F)cc(Cl)c1. The molecule has 1 aromatic heterocycles. The maximum atomic E-state index is 13.8. The Balaban J connectivity index is 1.46. The maximum Gasteiger partial charge on any atom is 0.320 e. The van der Waals surface area contributed by atoms with E-state index in [2.05, 4.69) is 21.0 Å². The number of nitrogens with one attached hydrogen (secondary N) is 4. The summed E-state index contributed by atoms with van der Waals surface area (Å²) in [5, 5.41) is 12.2. The summed E-state index contributed by atoms with van der Waals surface area (Å²) in [4.78, 5) is 25.1. The van der Waals surface area contributed by atoms with Gasteiger partial charge in [-0.05, 0) is 55.2 Å². The van der Waals surface area contributed by atoms with Crippen LogP contribution in [0, 0.1) is 18.7 Å².